The summed E-state index contributed by atoms with van der Waals surface area (Å²) >= 11 is 12.6. The summed E-state index contributed by atoms with van der Waals surface area (Å²) in [6.45, 7) is 4.70. The maximum atomic E-state index is 12.4. The highest BCUT2D eigenvalue weighted by Gasteiger charge is 2.18. The summed E-state index contributed by atoms with van der Waals surface area (Å²) in [5.74, 6) is 1.01. The second-order valence-electron chi connectivity index (χ2n) is 8.91. The average Bonchev–Trinajstić information content (AvgIpc) is 3.39. The smallest absolute Gasteiger partial charge is 0.248 e. The minimum atomic E-state index is -0.225. The lowest BCUT2D eigenvalue weighted by Crippen LogP contribution is -2.46. The van der Waals surface area contributed by atoms with Crippen LogP contribution in [0.15, 0.2) is 95.4 Å². The molecule has 1 amide bonds. The molecular formula is C30H27Cl2N3O2. The van der Waals surface area contributed by atoms with E-state index in [2.05, 4.69) is 21.2 Å². The fourth-order valence-corrected chi connectivity index (χ4v) is 4.80. The summed E-state index contributed by atoms with van der Waals surface area (Å²) in [5, 5.41) is 4.34. The number of amides is 1. The molecule has 4 aromatic rings. The first-order valence-electron chi connectivity index (χ1n) is 12.2. The van der Waals surface area contributed by atoms with Gasteiger partial charge in [-0.05, 0) is 66.2 Å². The maximum Gasteiger partial charge on any atom is 0.248 e. The van der Waals surface area contributed by atoms with E-state index in [1.165, 1.54) is 11.6 Å². The summed E-state index contributed by atoms with van der Waals surface area (Å²) in [6.07, 6.45) is 3.10. The molecule has 0 spiro atoms. The highest BCUT2D eigenvalue weighted by molar-refractivity contribution is 6.33. The van der Waals surface area contributed by atoms with E-state index in [-0.39, 0.29) is 5.91 Å². The minimum absolute atomic E-state index is 0.225. The molecule has 1 aliphatic rings. The van der Waals surface area contributed by atoms with Crippen molar-refractivity contribution in [2.75, 3.05) is 36.4 Å². The lowest BCUT2D eigenvalue weighted by atomic mass is 10.2. The fraction of sp³-hybridized carbons (Fsp3) is 0.167. The number of nitrogens with one attached hydrogen (secondary N) is 1. The Balaban J connectivity index is 1.12. The van der Waals surface area contributed by atoms with Gasteiger partial charge in [-0.3, -0.25) is 9.69 Å². The van der Waals surface area contributed by atoms with Gasteiger partial charge in [-0.15, -0.1) is 0 Å². The zero-order valence-corrected chi connectivity index (χ0v) is 21.8. The van der Waals surface area contributed by atoms with Crippen LogP contribution in [0.4, 0.5) is 11.4 Å². The quantitative estimate of drug-likeness (QED) is 0.255. The molecule has 0 atom stereocenters. The molecule has 188 valence electrons. The van der Waals surface area contributed by atoms with Gasteiger partial charge in [0, 0.05) is 60.8 Å². The summed E-state index contributed by atoms with van der Waals surface area (Å²) in [6, 6.07) is 27.1. The van der Waals surface area contributed by atoms with Crippen LogP contribution in [0.2, 0.25) is 10.0 Å². The van der Waals surface area contributed by atoms with Crippen LogP contribution in [-0.2, 0) is 11.3 Å². The first-order valence-corrected chi connectivity index (χ1v) is 13.0. The van der Waals surface area contributed by atoms with Gasteiger partial charge < -0.3 is 14.6 Å². The molecule has 0 bridgehead atoms. The Kier molecular flexibility index (Phi) is 7.95. The lowest BCUT2D eigenvalue weighted by Gasteiger charge is -2.36. The van der Waals surface area contributed by atoms with Crippen LogP contribution < -0.4 is 10.2 Å². The number of anilines is 2. The largest absolute Gasteiger partial charge is 0.457 e. The van der Waals surface area contributed by atoms with Crippen molar-refractivity contribution < 1.29 is 9.21 Å². The second kappa shape index (κ2) is 11.7. The predicted molar refractivity (Wildman–Crippen MR) is 152 cm³/mol. The van der Waals surface area contributed by atoms with Crippen LogP contribution in [0.25, 0.3) is 17.4 Å². The molecule has 1 saturated heterocycles. The van der Waals surface area contributed by atoms with E-state index in [1.807, 2.05) is 78.9 Å². The minimum Gasteiger partial charge on any atom is -0.457 e. The molecular weight excluding hydrogens is 505 g/mol. The van der Waals surface area contributed by atoms with Crippen molar-refractivity contribution in [2.45, 2.75) is 6.54 Å². The third kappa shape index (κ3) is 6.44. The number of piperazine rings is 1. The highest BCUT2D eigenvalue weighted by Crippen LogP contribution is 2.29. The SMILES string of the molecule is O=C(/C=C/c1ccc(-c2ccccc2Cl)o1)Nc1ccc(N2CCN(Cc3ccccc3Cl)CC2)cc1. The van der Waals surface area contributed by atoms with E-state index in [0.717, 1.165) is 54.7 Å². The van der Waals surface area contributed by atoms with Crippen LogP contribution in [0.3, 0.4) is 0 Å². The van der Waals surface area contributed by atoms with Gasteiger partial charge in [0.1, 0.15) is 11.5 Å². The number of carbonyl (C=O) groups is 1. The Morgan fingerprint density at radius 2 is 1.54 bits per heavy atom. The number of rotatable bonds is 7. The zero-order chi connectivity index (χ0) is 25.6. The van der Waals surface area contributed by atoms with E-state index in [1.54, 1.807) is 6.08 Å². The first kappa shape index (κ1) is 25.2. The highest BCUT2D eigenvalue weighted by atomic mass is 35.5. The number of benzene rings is 3. The van der Waals surface area contributed by atoms with Crippen LogP contribution >= 0.6 is 23.2 Å². The van der Waals surface area contributed by atoms with Gasteiger partial charge in [0.25, 0.3) is 0 Å². The molecule has 3 aromatic carbocycles. The number of hydrogen-bond donors (Lipinski definition) is 1. The topological polar surface area (TPSA) is 48.7 Å². The molecule has 0 aliphatic carbocycles. The van der Waals surface area contributed by atoms with Crippen molar-refractivity contribution in [3.05, 3.63) is 112 Å². The van der Waals surface area contributed by atoms with Crippen LogP contribution in [-0.4, -0.2) is 37.0 Å². The molecule has 1 aromatic heterocycles. The Morgan fingerprint density at radius 1 is 0.838 bits per heavy atom. The summed E-state index contributed by atoms with van der Waals surface area (Å²) < 4.78 is 5.81. The lowest BCUT2D eigenvalue weighted by molar-refractivity contribution is -0.111. The van der Waals surface area contributed by atoms with Crippen molar-refractivity contribution in [1.82, 2.24) is 4.90 Å². The Labute approximate surface area is 226 Å². The van der Waals surface area contributed by atoms with Gasteiger partial charge >= 0.3 is 0 Å². The van der Waals surface area contributed by atoms with E-state index in [0.29, 0.717) is 16.5 Å². The van der Waals surface area contributed by atoms with E-state index in [9.17, 15) is 4.79 Å². The first-order chi connectivity index (χ1) is 18.0. The van der Waals surface area contributed by atoms with Gasteiger partial charge in [0.05, 0.1) is 5.02 Å². The number of halogens is 2. The van der Waals surface area contributed by atoms with Gasteiger partial charge in [-0.1, -0.05) is 53.5 Å². The molecule has 37 heavy (non-hydrogen) atoms. The number of nitrogens with zero attached hydrogens (tertiary/aromatic N) is 2. The Morgan fingerprint density at radius 3 is 2.27 bits per heavy atom. The van der Waals surface area contributed by atoms with Crippen molar-refractivity contribution >= 4 is 46.6 Å². The monoisotopic (exact) mass is 531 g/mol. The van der Waals surface area contributed by atoms with Gasteiger partial charge in [0.15, 0.2) is 0 Å². The number of furan rings is 1. The van der Waals surface area contributed by atoms with Crippen LogP contribution in [0.1, 0.15) is 11.3 Å². The van der Waals surface area contributed by atoms with Crippen molar-refractivity contribution in [2.24, 2.45) is 0 Å². The summed E-state index contributed by atoms with van der Waals surface area (Å²) in [7, 11) is 0. The number of hydrogen-bond acceptors (Lipinski definition) is 4. The Bertz CT molecular complexity index is 1390. The van der Waals surface area contributed by atoms with Crippen LogP contribution in [0.5, 0.6) is 0 Å². The molecule has 1 fully saturated rings. The van der Waals surface area contributed by atoms with Crippen molar-refractivity contribution in [3.8, 4) is 11.3 Å². The molecule has 2 heterocycles. The molecule has 1 aliphatic heterocycles. The average molecular weight is 532 g/mol. The molecule has 7 heteroatoms. The van der Waals surface area contributed by atoms with Gasteiger partial charge in [-0.25, -0.2) is 0 Å². The standard InChI is InChI=1S/C30H27Cl2N3O2/c31-27-7-3-1-5-22(27)21-34-17-19-35(20-18-34)24-11-9-23(10-12-24)33-30(36)16-14-25-13-15-29(37-25)26-6-2-4-8-28(26)32/h1-16H,17-21H2,(H,33,36)/b16-14+. The normalized spacial score (nSPS) is 14.3. The van der Waals surface area contributed by atoms with E-state index < -0.39 is 0 Å². The van der Waals surface area contributed by atoms with Crippen molar-refractivity contribution in [3.63, 3.8) is 0 Å². The van der Waals surface area contributed by atoms with Gasteiger partial charge in [0.2, 0.25) is 5.91 Å². The third-order valence-electron chi connectivity index (χ3n) is 6.39. The Hall–Kier alpha value is -3.51. The van der Waals surface area contributed by atoms with Crippen molar-refractivity contribution in [1.29, 1.82) is 0 Å². The van der Waals surface area contributed by atoms with Crippen LogP contribution in [0, 0.1) is 0 Å². The fourth-order valence-electron chi connectivity index (χ4n) is 4.38. The van der Waals surface area contributed by atoms with E-state index >= 15 is 0 Å². The molecule has 5 nitrogen and oxygen atoms in total. The molecule has 5 rings (SSSR count). The zero-order valence-electron chi connectivity index (χ0n) is 20.2. The summed E-state index contributed by atoms with van der Waals surface area (Å²) in [5.41, 5.74) is 3.87. The molecule has 0 unspecified atom stereocenters. The molecule has 0 saturated carbocycles. The summed E-state index contributed by atoms with van der Waals surface area (Å²) in [4.78, 5) is 17.2. The molecule has 0 radical (unpaired) electrons. The molecule has 1 N–H and O–H groups in total. The predicted octanol–water partition coefficient (Wildman–Crippen LogP) is 7.23. The second-order valence-corrected chi connectivity index (χ2v) is 9.72. The van der Waals surface area contributed by atoms with Gasteiger partial charge in [-0.2, -0.15) is 0 Å². The van der Waals surface area contributed by atoms with E-state index in [4.69, 9.17) is 27.6 Å². The third-order valence-corrected chi connectivity index (χ3v) is 7.09. The number of carbonyl (C=O) groups excluding carboxylic acids is 1. The maximum absolute atomic E-state index is 12.4.